The molecule has 1 aliphatic rings. The molecular weight excluding hydrogens is 480 g/mol. The second-order valence-electron chi connectivity index (χ2n) is 9.60. The van der Waals surface area contributed by atoms with E-state index in [-0.39, 0.29) is 23.8 Å². The van der Waals surface area contributed by atoms with Crippen LogP contribution in [0.5, 0.6) is 5.88 Å². The van der Waals surface area contributed by atoms with E-state index in [4.69, 9.17) is 9.47 Å². The fraction of sp³-hybridized carbons (Fsp3) is 0.345. The van der Waals surface area contributed by atoms with Gasteiger partial charge in [-0.25, -0.2) is 15.0 Å². The molecule has 3 atom stereocenters. The predicted molar refractivity (Wildman–Crippen MR) is 146 cm³/mol. The quantitative estimate of drug-likeness (QED) is 0.338. The molecular formula is C29H32N6O3. The molecule has 5 rings (SSSR count). The number of carbonyl (C=O) groups excluding carboxylic acids is 1. The van der Waals surface area contributed by atoms with Crippen LogP contribution in [0, 0.1) is 5.92 Å². The van der Waals surface area contributed by atoms with Gasteiger partial charge in [-0.05, 0) is 29.5 Å². The summed E-state index contributed by atoms with van der Waals surface area (Å²) in [4.78, 5) is 30.2. The minimum Gasteiger partial charge on any atom is -0.472 e. The highest BCUT2D eigenvalue weighted by atomic mass is 16.5. The number of rotatable bonds is 9. The zero-order chi connectivity index (χ0) is 26.5. The maximum Gasteiger partial charge on any atom is 0.251 e. The number of carbonyl (C=O) groups is 1. The van der Waals surface area contributed by atoms with Crippen molar-refractivity contribution in [2.75, 3.05) is 32.1 Å². The number of benzene rings is 1. The molecule has 1 saturated heterocycles. The summed E-state index contributed by atoms with van der Waals surface area (Å²) in [5.74, 6) is 1.68. The van der Waals surface area contributed by atoms with E-state index in [1.807, 2.05) is 30.3 Å². The van der Waals surface area contributed by atoms with Crippen molar-refractivity contribution in [2.45, 2.75) is 32.3 Å². The van der Waals surface area contributed by atoms with E-state index < -0.39 is 0 Å². The van der Waals surface area contributed by atoms with Crippen molar-refractivity contribution in [2.24, 2.45) is 5.92 Å². The zero-order valence-corrected chi connectivity index (χ0v) is 21.8. The molecule has 4 aromatic rings. The van der Waals surface area contributed by atoms with Gasteiger partial charge >= 0.3 is 0 Å². The summed E-state index contributed by atoms with van der Waals surface area (Å²) in [5.41, 5.74) is 4.28. The second-order valence-corrected chi connectivity index (χ2v) is 9.60. The number of pyridine rings is 2. The standard InChI is InChI=1S/C29H32N6O3/c1-18(19(2)22-5-4-6-23-24(29(36)30-3)9-11-31-28(22)23)14-32-26-13-25(34-17-35-26)20-7-8-27(33-15-20)38-21-10-12-37-16-21/h4-9,11,13,15,17-19,21H,10,12,14,16H2,1-3H3,(H,30,36)(H,32,34,35)/t18?,19-,21+/m1/s1. The van der Waals surface area contributed by atoms with Crippen LogP contribution in [0.3, 0.4) is 0 Å². The summed E-state index contributed by atoms with van der Waals surface area (Å²) in [7, 11) is 1.64. The minimum absolute atomic E-state index is 0.0649. The number of aromatic nitrogens is 4. The SMILES string of the molecule is CNC(=O)c1ccnc2c([C@H](C)C(C)CNc3cc(-c4ccc(O[C@H]5CCOC5)nc4)ncn3)cccc12. The van der Waals surface area contributed by atoms with Gasteiger partial charge in [0.15, 0.2) is 0 Å². The lowest BCUT2D eigenvalue weighted by Gasteiger charge is -2.22. The molecule has 1 unspecified atom stereocenters. The van der Waals surface area contributed by atoms with Gasteiger partial charge in [-0.1, -0.05) is 32.0 Å². The molecule has 9 heteroatoms. The minimum atomic E-state index is -0.114. The van der Waals surface area contributed by atoms with Crippen molar-refractivity contribution in [3.8, 4) is 17.1 Å². The number of para-hydroxylation sites is 1. The highest BCUT2D eigenvalue weighted by molar-refractivity contribution is 6.06. The molecule has 0 radical (unpaired) electrons. The van der Waals surface area contributed by atoms with Crippen LogP contribution in [0.2, 0.25) is 0 Å². The summed E-state index contributed by atoms with van der Waals surface area (Å²) in [6, 6.07) is 13.5. The number of nitrogens with zero attached hydrogens (tertiary/aromatic N) is 4. The fourth-order valence-electron chi connectivity index (χ4n) is 4.64. The molecule has 0 saturated carbocycles. The molecule has 4 heterocycles. The molecule has 0 bridgehead atoms. The molecule has 38 heavy (non-hydrogen) atoms. The Hall–Kier alpha value is -4.11. The Morgan fingerprint density at radius 1 is 1.13 bits per heavy atom. The highest BCUT2D eigenvalue weighted by Crippen LogP contribution is 2.31. The Kier molecular flexibility index (Phi) is 7.74. The van der Waals surface area contributed by atoms with Gasteiger partial charge in [0.25, 0.3) is 5.91 Å². The number of fused-ring (bicyclic) bond motifs is 1. The van der Waals surface area contributed by atoms with Crippen LogP contribution in [0.15, 0.2) is 61.2 Å². The first-order valence-corrected chi connectivity index (χ1v) is 12.9. The smallest absolute Gasteiger partial charge is 0.251 e. The molecule has 196 valence electrons. The Labute approximate surface area is 222 Å². The van der Waals surface area contributed by atoms with Crippen molar-refractivity contribution < 1.29 is 14.3 Å². The van der Waals surface area contributed by atoms with Gasteiger partial charge in [0.1, 0.15) is 18.2 Å². The van der Waals surface area contributed by atoms with Crippen molar-refractivity contribution in [3.05, 3.63) is 72.3 Å². The van der Waals surface area contributed by atoms with Crippen LogP contribution < -0.4 is 15.4 Å². The van der Waals surface area contributed by atoms with Crippen molar-refractivity contribution in [1.82, 2.24) is 25.3 Å². The van der Waals surface area contributed by atoms with E-state index >= 15 is 0 Å². The third-order valence-corrected chi connectivity index (χ3v) is 7.10. The first-order valence-electron chi connectivity index (χ1n) is 12.9. The number of hydrogen-bond donors (Lipinski definition) is 2. The lowest BCUT2D eigenvalue weighted by Crippen LogP contribution is -2.19. The van der Waals surface area contributed by atoms with Gasteiger partial charge in [-0.2, -0.15) is 0 Å². The summed E-state index contributed by atoms with van der Waals surface area (Å²) in [6.45, 7) is 6.43. The molecule has 1 aromatic carbocycles. The van der Waals surface area contributed by atoms with Crippen molar-refractivity contribution >= 4 is 22.6 Å². The molecule has 3 aromatic heterocycles. The molecule has 0 aliphatic carbocycles. The Bertz CT molecular complexity index is 1410. The number of amides is 1. The lowest BCUT2D eigenvalue weighted by molar-refractivity contribution is 0.0964. The molecule has 1 fully saturated rings. The Balaban J connectivity index is 1.26. The van der Waals surface area contributed by atoms with E-state index in [1.54, 1.807) is 31.8 Å². The van der Waals surface area contributed by atoms with Crippen molar-refractivity contribution in [3.63, 3.8) is 0 Å². The Morgan fingerprint density at radius 3 is 2.79 bits per heavy atom. The van der Waals surface area contributed by atoms with E-state index in [9.17, 15) is 4.79 Å². The van der Waals surface area contributed by atoms with Crippen molar-refractivity contribution in [1.29, 1.82) is 0 Å². The third kappa shape index (κ3) is 5.57. The number of hydrogen-bond acceptors (Lipinski definition) is 8. The van der Waals surface area contributed by atoms with Crippen LogP contribution in [0.25, 0.3) is 22.2 Å². The largest absolute Gasteiger partial charge is 0.472 e. The van der Waals surface area contributed by atoms with E-state index in [0.29, 0.717) is 24.6 Å². The topological polar surface area (TPSA) is 111 Å². The van der Waals surface area contributed by atoms with Gasteiger partial charge in [0.05, 0.1) is 30.0 Å². The third-order valence-electron chi connectivity index (χ3n) is 7.10. The van der Waals surface area contributed by atoms with Gasteiger partial charge in [-0.3, -0.25) is 9.78 Å². The predicted octanol–water partition coefficient (Wildman–Crippen LogP) is 4.47. The van der Waals surface area contributed by atoms with Crippen LogP contribution in [-0.4, -0.2) is 58.8 Å². The van der Waals surface area contributed by atoms with Crippen LogP contribution in [-0.2, 0) is 4.74 Å². The van der Waals surface area contributed by atoms with E-state index in [2.05, 4.69) is 50.5 Å². The highest BCUT2D eigenvalue weighted by Gasteiger charge is 2.20. The average molecular weight is 513 g/mol. The molecule has 2 N–H and O–H groups in total. The number of anilines is 1. The molecule has 9 nitrogen and oxygen atoms in total. The van der Waals surface area contributed by atoms with Gasteiger partial charge in [0, 0.05) is 55.5 Å². The fourth-order valence-corrected chi connectivity index (χ4v) is 4.64. The van der Waals surface area contributed by atoms with Crippen LogP contribution in [0.4, 0.5) is 5.82 Å². The summed E-state index contributed by atoms with van der Waals surface area (Å²) >= 11 is 0. The maximum atomic E-state index is 12.3. The normalized spacial score (nSPS) is 16.7. The van der Waals surface area contributed by atoms with Gasteiger partial charge in [0.2, 0.25) is 5.88 Å². The van der Waals surface area contributed by atoms with E-state index in [0.717, 1.165) is 46.6 Å². The monoisotopic (exact) mass is 512 g/mol. The van der Waals surface area contributed by atoms with Gasteiger partial charge in [-0.15, -0.1) is 0 Å². The first-order chi connectivity index (χ1) is 18.5. The number of nitrogens with one attached hydrogen (secondary N) is 2. The number of ether oxygens (including phenoxy) is 2. The molecule has 1 amide bonds. The molecule has 1 aliphatic heterocycles. The molecule has 0 spiro atoms. The zero-order valence-electron chi connectivity index (χ0n) is 21.8. The van der Waals surface area contributed by atoms with Crippen LogP contribution >= 0.6 is 0 Å². The summed E-state index contributed by atoms with van der Waals surface area (Å²) in [5, 5.41) is 7.03. The first kappa shape index (κ1) is 25.5. The Morgan fingerprint density at radius 2 is 2.03 bits per heavy atom. The van der Waals surface area contributed by atoms with E-state index in [1.165, 1.54) is 0 Å². The maximum absolute atomic E-state index is 12.3. The lowest BCUT2D eigenvalue weighted by atomic mass is 9.87. The second kappa shape index (κ2) is 11.5. The average Bonchev–Trinajstić information content (AvgIpc) is 3.48. The summed E-state index contributed by atoms with van der Waals surface area (Å²) < 4.78 is 11.2. The van der Waals surface area contributed by atoms with Gasteiger partial charge < -0.3 is 20.1 Å². The van der Waals surface area contributed by atoms with Crippen LogP contribution in [0.1, 0.15) is 42.1 Å². The summed E-state index contributed by atoms with van der Waals surface area (Å²) in [6.07, 6.45) is 5.97.